The van der Waals surface area contributed by atoms with Crippen molar-refractivity contribution in [1.29, 1.82) is 0 Å². The fourth-order valence-electron chi connectivity index (χ4n) is 1.79. The Labute approximate surface area is 146 Å². The van der Waals surface area contributed by atoms with Gasteiger partial charge in [-0.05, 0) is 38.1 Å². The van der Waals surface area contributed by atoms with E-state index in [1.165, 1.54) is 7.69 Å². The van der Waals surface area contributed by atoms with Gasteiger partial charge in [-0.15, -0.1) is 0 Å². The van der Waals surface area contributed by atoms with Gasteiger partial charge in [0.15, 0.2) is 0 Å². The minimum absolute atomic E-state index is 0.474. The fraction of sp³-hybridized carbons (Fsp3) is 0.250. The average Bonchev–Trinajstić information content (AvgIpc) is 2.53. The van der Waals surface area contributed by atoms with Crippen molar-refractivity contribution in [1.82, 2.24) is 0 Å². The highest BCUT2D eigenvalue weighted by Gasteiger charge is 2.08. The summed E-state index contributed by atoms with van der Waals surface area (Å²) in [5.74, 6) is 2.30. The molecule has 0 atom stereocenters. The summed E-state index contributed by atoms with van der Waals surface area (Å²) in [5.41, 5.74) is 0. The van der Waals surface area contributed by atoms with Crippen LogP contribution in [0.5, 0.6) is 23.0 Å². The quantitative estimate of drug-likeness (QED) is 0.640. The normalized spacial score (nSPS) is 10.1. The second-order valence-corrected chi connectivity index (χ2v) is 5.20. The van der Waals surface area contributed by atoms with Crippen molar-refractivity contribution in [2.24, 2.45) is 0 Å². The minimum Gasteiger partial charge on any atom is -0.526 e. The van der Waals surface area contributed by atoms with Crippen LogP contribution >= 0.6 is 23.2 Å². The molecule has 0 aliphatic heterocycles. The van der Waals surface area contributed by atoms with E-state index in [0.29, 0.717) is 46.3 Å². The molecule has 1 radical (unpaired) electrons. The molecule has 0 N–H and O–H groups in total. The molecule has 23 heavy (non-hydrogen) atoms. The molecule has 4 nitrogen and oxygen atoms in total. The first-order chi connectivity index (χ1) is 11.1. The first kappa shape index (κ1) is 17.6. The van der Waals surface area contributed by atoms with Gasteiger partial charge in [0.2, 0.25) is 0 Å². The SMILES string of the molecule is CCOc1ccc(O[B]Oc2ccc(OCC)c(Cl)c2)cc1Cl. The molecule has 0 saturated heterocycles. The summed E-state index contributed by atoms with van der Waals surface area (Å²) >= 11 is 12.2. The molecule has 2 aromatic rings. The van der Waals surface area contributed by atoms with Crippen LogP contribution in [0, 0.1) is 0 Å². The zero-order valence-corrected chi connectivity index (χ0v) is 14.4. The van der Waals surface area contributed by atoms with E-state index in [4.69, 9.17) is 42.0 Å². The van der Waals surface area contributed by atoms with Crippen LogP contribution in [0.15, 0.2) is 36.4 Å². The molecule has 0 aromatic heterocycles. The van der Waals surface area contributed by atoms with Gasteiger partial charge in [0, 0.05) is 12.1 Å². The third-order valence-electron chi connectivity index (χ3n) is 2.77. The van der Waals surface area contributed by atoms with E-state index in [9.17, 15) is 0 Å². The maximum Gasteiger partial charge on any atom is 0.658 e. The standard InChI is InChI=1S/C16H16BCl2O4/c1-3-20-15-7-5-11(9-13(15)18)22-17-23-12-6-8-16(21-4-2)14(19)10-12/h5-10H,3-4H2,1-2H3. The molecule has 0 aliphatic rings. The van der Waals surface area contributed by atoms with Crippen LogP contribution in [0.4, 0.5) is 0 Å². The molecular weight excluding hydrogens is 338 g/mol. The Balaban J connectivity index is 1.89. The highest BCUT2D eigenvalue weighted by molar-refractivity contribution is 6.32. The zero-order chi connectivity index (χ0) is 16.7. The maximum atomic E-state index is 6.08. The Morgan fingerprint density at radius 1 is 0.783 bits per heavy atom. The van der Waals surface area contributed by atoms with Crippen LogP contribution < -0.4 is 18.8 Å². The van der Waals surface area contributed by atoms with Crippen molar-refractivity contribution in [3.05, 3.63) is 46.4 Å². The number of hydrogen-bond donors (Lipinski definition) is 0. The van der Waals surface area contributed by atoms with E-state index in [-0.39, 0.29) is 0 Å². The summed E-state index contributed by atoms with van der Waals surface area (Å²) in [4.78, 5) is 0. The zero-order valence-electron chi connectivity index (χ0n) is 12.8. The predicted octanol–water partition coefficient (Wildman–Crippen LogP) is 4.78. The summed E-state index contributed by atoms with van der Waals surface area (Å²) in [6, 6.07) is 10.3. The number of benzene rings is 2. The Kier molecular flexibility index (Phi) is 6.75. The van der Waals surface area contributed by atoms with E-state index < -0.39 is 0 Å². The van der Waals surface area contributed by atoms with E-state index in [1.807, 2.05) is 13.8 Å². The molecule has 2 rings (SSSR count). The lowest BCUT2D eigenvalue weighted by molar-refractivity contribution is 0.339. The van der Waals surface area contributed by atoms with E-state index in [0.717, 1.165) is 0 Å². The van der Waals surface area contributed by atoms with Crippen LogP contribution in [0.2, 0.25) is 10.0 Å². The molecule has 0 saturated carbocycles. The molecular formula is C16H16BCl2O4. The molecule has 0 bridgehead atoms. The Bertz CT molecular complexity index is 596. The van der Waals surface area contributed by atoms with Crippen molar-refractivity contribution in [2.75, 3.05) is 13.2 Å². The number of hydrogen-bond acceptors (Lipinski definition) is 4. The van der Waals surface area contributed by atoms with Gasteiger partial charge in [0.05, 0.1) is 23.3 Å². The number of ether oxygens (including phenoxy) is 2. The molecule has 0 spiro atoms. The van der Waals surface area contributed by atoms with Crippen molar-refractivity contribution >= 4 is 30.9 Å². The third-order valence-corrected chi connectivity index (χ3v) is 3.37. The Morgan fingerprint density at radius 3 is 1.57 bits per heavy atom. The molecule has 0 aliphatic carbocycles. The van der Waals surface area contributed by atoms with Crippen LogP contribution in [0.3, 0.4) is 0 Å². The summed E-state index contributed by atoms with van der Waals surface area (Å²) in [7, 11) is 1.21. The van der Waals surface area contributed by atoms with Crippen molar-refractivity contribution in [2.45, 2.75) is 13.8 Å². The second-order valence-electron chi connectivity index (χ2n) is 4.38. The van der Waals surface area contributed by atoms with Gasteiger partial charge in [-0.1, -0.05) is 23.2 Å². The van der Waals surface area contributed by atoms with Crippen LogP contribution in [0.1, 0.15) is 13.8 Å². The number of halogens is 2. The van der Waals surface area contributed by atoms with Gasteiger partial charge in [0.1, 0.15) is 23.0 Å². The van der Waals surface area contributed by atoms with Gasteiger partial charge < -0.3 is 18.8 Å². The van der Waals surface area contributed by atoms with Crippen molar-refractivity contribution in [3.63, 3.8) is 0 Å². The first-order valence-electron chi connectivity index (χ1n) is 7.13. The lowest BCUT2D eigenvalue weighted by Gasteiger charge is -2.10. The van der Waals surface area contributed by atoms with Gasteiger partial charge >= 0.3 is 7.69 Å². The van der Waals surface area contributed by atoms with Gasteiger partial charge in [-0.25, -0.2) is 0 Å². The lowest BCUT2D eigenvalue weighted by Crippen LogP contribution is -2.11. The minimum atomic E-state index is 0.474. The van der Waals surface area contributed by atoms with Gasteiger partial charge in [0.25, 0.3) is 0 Å². The molecule has 0 amide bonds. The van der Waals surface area contributed by atoms with E-state index in [2.05, 4.69) is 0 Å². The predicted molar refractivity (Wildman–Crippen MR) is 92.3 cm³/mol. The first-order valence-corrected chi connectivity index (χ1v) is 7.89. The topological polar surface area (TPSA) is 36.9 Å². The largest absolute Gasteiger partial charge is 0.658 e. The summed E-state index contributed by atoms with van der Waals surface area (Å²) in [6.07, 6.45) is 0. The van der Waals surface area contributed by atoms with Crippen LogP contribution in [-0.4, -0.2) is 20.9 Å². The summed E-state index contributed by atoms with van der Waals surface area (Å²) in [5, 5.41) is 0.948. The highest BCUT2D eigenvalue weighted by atomic mass is 35.5. The second kappa shape index (κ2) is 8.80. The maximum absolute atomic E-state index is 6.08. The van der Waals surface area contributed by atoms with Gasteiger partial charge in [-0.3, -0.25) is 0 Å². The van der Waals surface area contributed by atoms with Crippen LogP contribution in [-0.2, 0) is 0 Å². The average molecular weight is 354 g/mol. The summed E-state index contributed by atoms with van der Waals surface area (Å²) < 4.78 is 21.5. The fourth-order valence-corrected chi connectivity index (χ4v) is 2.24. The smallest absolute Gasteiger partial charge is 0.526 e. The van der Waals surface area contributed by atoms with Crippen molar-refractivity contribution < 1.29 is 18.8 Å². The molecule has 121 valence electrons. The Hall–Kier alpha value is -1.72. The molecule has 0 fully saturated rings. The van der Waals surface area contributed by atoms with Crippen molar-refractivity contribution in [3.8, 4) is 23.0 Å². The molecule has 2 aromatic carbocycles. The lowest BCUT2D eigenvalue weighted by atomic mass is 10.2. The highest BCUT2D eigenvalue weighted by Crippen LogP contribution is 2.30. The summed E-state index contributed by atoms with van der Waals surface area (Å²) in [6.45, 7) is 4.88. The third kappa shape index (κ3) is 5.15. The van der Waals surface area contributed by atoms with Crippen LogP contribution in [0.25, 0.3) is 0 Å². The van der Waals surface area contributed by atoms with E-state index >= 15 is 0 Å². The Morgan fingerprint density at radius 2 is 1.22 bits per heavy atom. The molecule has 0 unspecified atom stereocenters. The molecule has 0 heterocycles. The number of rotatable bonds is 8. The van der Waals surface area contributed by atoms with Gasteiger partial charge in [-0.2, -0.15) is 0 Å². The monoisotopic (exact) mass is 353 g/mol. The molecule has 7 heteroatoms. The van der Waals surface area contributed by atoms with E-state index in [1.54, 1.807) is 36.4 Å².